The first-order valence-corrected chi connectivity index (χ1v) is 6.32. The van der Waals surface area contributed by atoms with Crippen molar-refractivity contribution in [3.8, 4) is 0 Å². The summed E-state index contributed by atoms with van der Waals surface area (Å²) in [6.07, 6.45) is 1.68. The lowest BCUT2D eigenvalue weighted by Crippen LogP contribution is -2.54. The van der Waals surface area contributed by atoms with E-state index in [4.69, 9.17) is 0 Å². The summed E-state index contributed by atoms with van der Waals surface area (Å²) in [5, 5.41) is 0. The zero-order valence-corrected chi connectivity index (χ0v) is 11.2. The molecule has 1 fully saturated rings. The number of hydrogen-bond acceptors (Lipinski definition) is 2. The number of ketones is 1. The molecule has 2 heteroatoms. The van der Waals surface area contributed by atoms with Gasteiger partial charge in [-0.3, -0.25) is 4.79 Å². The fourth-order valence-corrected chi connectivity index (χ4v) is 2.58. The molecule has 0 saturated carbocycles. The minimum atomic E-state index is -0.364. The minimum absolute atomic E-state index is 0.352. The molecule has 1 aromatic carbocycles. The highest BCUT2D eigenvalue weighted by molar-refractivity contribution is 5.92. The number of nitrogens with zero attached hydrogens (tertiary/aromatic N) is 1. The molecule has 2 rings (SSSR count). The molecule has 1 saturated heterocycles. The van der Waals surface area contributed by atoms with E-state index in [9.17, 15) is 4.79 Å². The number of piperidine rings is 1. The second kappa shape index (κ2) is 4.17. The van der Waals surface area contributed by atoms with Gasteiger partial charge in [-0.25, -0.2) is 0 Å². The summed E-state index contributed by atoms with van der Waals surface area (Å²) in [7, 11) is 0. The summed E-state index contributed by atoms with van der Waals surface area (Å²) in [5.41, 5.74) is 3.42. The Morgan fingerprint density at radius 2 is 1.94 bits per heavy atom. The zero-order chi connectivity index (χ0) is 12.6. The fourth-order valence-electron chi connectivity index (χ4n) is 2.58. The van der Waals surface area contributed by atoms with Crippen LogP contribution in [0.4, 0.5) is 5.69 Å². The Hall–Kier alpha value is -1.31. The van der Waals surface area contributed by atoms with Crippen molar-refractivity contribution < 1.29 is 4.79 Å². The van der Waals surface area contributed by atoms with Crippen LogP contribution in [0.1, 0.15) is 37.8 Å². The number of hydrogen-bond donors (Lipinski definition) is 0. The molecule has 0 spiro atoms. The summed E-state index contributed by atoms with van der Waals surface area (Å²) in [5.74, 6) is 0.352. The number of aryl methyl sites for hydroxylation is 1. The molecule has 0 radical (unpaired) electrons. The van der Waals surface area contributed by atoms with E-state index in [1.807, 2.05) is 13.8 Å². The Balaban J connectivity index is 2.45. The average Bonchev–Trinajstić information content (AvgIpc) is 2.27. The Morgan fingerprint density at radius 3 is 2.65 bits per heavy atom. The number of rotatable bonds is 1. The van der Waals surface area contributed by atoms with Crippen molar-refractivity contribution in [3.05, 3.63) is 29.3 Å². The van der Waals surface area contributed by atoms with E-state index in [2.05, 4.69) is 36.9 Å². The van der Waals surface area contributed by atoms with E-state index in [0.29, 0.717) is 12.2 Å². The molecule has 1 heterocycles. The molecule has 92 valence electrons. The predicted octanol–water partition coefficient (Wildman–Crippen LogP) is 3.25. The number of carbonyl (C=O) groups is 1. The molecule has 0 aromatic heterocycles. The highest BCUT2D eigenvalue weighted by Crippen LogP contribution is 2.33. The van der Waals surface area contributed by atoms with Crippen molar-refractivity contribution in [2.75, 3.05) is 11.4 Å². The largest absolute Gasteiger partial charge is 0.359 e. The lowest BCUT2D eigenvalue weighted by molar-refractivity contribution is -0.124. The average molecular weight is 231 g/mol. The number of benzene rings is 1. The Labute approximate surface area is 104 Å². The van der Waals surface area contributed by atoms with Crippen molar-refractivity contribution >= 4 is 11.5 Å². The molecular weight excluding hydrogens is 210 g/mol. The monoisotopic (exact) mass is 231 g/mol. The van der Waals surface area contributed by atoms with Crippen molar-refractivity contribution in [1.82, 2.24) is 0 Å². The van der Waals surface area contributed by atoms with Crippen LogP contribution < -0.4 is 4.90 Å². The molecule has 1 aromatic rings. The molecule has 0 amide bonds. The van der Waals surface area contributed by atoms with Crippen LogP contribution in [0, 0.1) is 13.8 Å². The van der Waals surface area contributed by atoms with E-state index >= 15 is 0 Å². The van der Waals surface area contributed by atoms with Crippen LogP contribution in [0.15, 0.2) is 18.2 Å². The maximum atomic E-state index is 12.1. The second-order valence-electron chi connectivity index (χ2n) is 5.46. The quantitative estimate of drug-likeness (QED) is 0.739. The maximum Gasteiger partial charge on any atom is 0.157 e. The van der Waals surface area contributed by atoms with Gasteiger partial charge in [-0.15, -0.1) is 0 Å². The Kier molecular flexibility index (Phi) is 2.98. The minimum Gasteiger partial charge on any atom is -0.359 e. The van der Waals surface area contributed by atoms with Crippen LogP contribution in [0.25, 0.3) is 0 Å². The zero-order valence-electron chi connectivity index (χ0n) is 11.2. The molecule has 0 atom stereocenters. The maximum absolute atomic E-state index is 12.1. The van der Waals surface area contributed by atoms with Gasteiger partial charge in [-0.1, -0.05) is 12.1 Å². The molecule has 0 N–H and O–H groups in total. The van der Waals surface area contributed by atoms with Gasteiger partial charge in [0, 0.05) is 18.7 Å². The van der Waals surface area contributed by atoms with Crippen LogP contribution in [-0.2, 0) is 4.79 Å². The normalized spacial score (nSPS) is 19.5. The summed E-state index contributed by atoms with van der Waals surface area (Å²) in [6.45, 7) is 9.31. The molecule has 0 unspecified atom stereocenters. The molecular formula is C15H21NO. The fraction of sp³-hybridized carbons (Fsp3) is 0.533. The molecule has 17 heavy (non-hydrogen) atoms. The summed E-state index contributed by atoms with van der Waals surface area (Å²) in [6, 6.07) is 6.33. The van der Waals surface area contributed by atoms with Crippen LogP contribution in [-0.4, -0.2) is 17.9 Å². The lowest BCUT2D eigenvalue weighted by atomic mass is 9.87. The summed E-state index contributed by atoms with van der Waals surface area (Å²) >= 11 is 0. The lowest BCUT2D eigenvalue weighted by Gasteiger charge is -2.43. The smallest absolute Gasteiger partial charge is 0.157 e. The van der Waals surface area contributed by atoms with Crippen molar-refractivity contribution in [2.24, 2.45) is 0 Å². The van der Waals surface area contributed by atoms with E-state index in [1.165, 1.54) is 16.8 Å². The first-order valence-electron chi connectivity index (χ1n) is 6.32. The van der Waals surface area contributed by atoms with Gasteiger partial charge in [0.05, 0.1) is 5.54 Å². The van der Waals surface area contributed by atoms with Gasteiger partial charge in [0.15, 0.2) is 5.78 Å². The summed E-state index contributed by atoms with van der Waals surface area (Å²) < 4.78 is 0. The molecule has 0 bridgehead atoms. The number of Topliss-reactive ketones (excluding diaryl/α,β-unsaturated/α-hetero) is 1. The first-order chi connectivity index (χ1) is 7.94. The highest BCUT2D eigenvalue weighted by Gasteiger charge is 2.37. The standard InChI is InChI=1S/C15H21NO/c1-11-7-5-8-13(12(11)2)16-10-6-9-14(17)15(16,3)4/h5,7-8H,6,9-10H2,1-4H3. The second-order valence-corrected chi connectivity index (χ2v) is 5.46. The molecule has 2 nitrogen and oxygen atoms in total. The van der Waals surface area contributed by atoms with Gasteiger partial charge < -0.3 is 4.90 Å². The van der Waals surface area contributed by atoms with Crippen molar-refractivity contribution in [3.63, 3.8) is 0 Å². The van der Waals surface area contributed by atoms with Gasteiger partial charge in [0.2, 0.25) is 0 Å². The SMILES string of the molecule is Cc1cccc(N2CCCC(=O)C2(C)C)c1C. The third kappa shape index (κ3) is 1.97. The molecule has 1 aliphatic heterocycles. The van der Waals surface area contributed by atoms with Gasteiger partial charge in [-0.05, 0) is 51.3 Å². The first kappa shape index (κ1) is 12.2. The van der Waals surface area contributed by atoms with Gasteiger partial charge in [-0.2, -0.15) is 0 Å². The topological polar surface area (TPSA) is 20.3 Å². The van der Waals surface area contributed by atoms with Gasteiger partial charge in [0.25, 0.3) is 0 Å². The van der Waals surface area contributed by atoms with Gasteiger partial charge >= 0.3 is 0 Å². The van der Waals surface area contributed by atoms with E-state index < -0.39 is 0 Å². The van der Waals surface area contributed by atoms with Crippen LogP contribution >= 0.6 is 0 Å². The number of carbonyl (C=O) groups excluding carboxylic acids is 1. The van der Waals surface area contributed by atoms with E-state index in [0.717, 1.165) is 13.0 Å². The van der Waals surface area contributed by atoms with Gasteiger partial charge in [0.1, 0.15) is 0 Å². The predicted molar refractivity (Wildman–Crippen MR) is 71.6 cm³/mol. The Bertz CT molecular complexity index is 448. The third-order valence-electron chi connectivity index (χ3n) is 4.01. The molecule has 0 aliphatic carbocycles. The highest BCUT2D eigenvalue weighted by atomic mass is 16.1. The molecule has 1 aliphatic rings. The van der Waals surface area contributed by atoms with Crippen molar-refractivity contribution in [2.45, 2.75) is 46.1 Å². The van der Waals surface area contributed by atoms with Crippen molar-refractivity contribution in [1.29, 1.82) is 0 Å². The van der Waals surface area contributed by atoms with E-state index in [1.54, 1.807) is 0 Å². The summed E-state index contributed by atoms with van der Waals surface area (Å²) in [4.78, 5) is 14.3. The third-order valence-corrected chi connectivity index (χ3v) is 4.01. The van der Waals surface area contributed by atoms with Crippen LogP contribution in [0.3, 0.4) is 0 Å². The number of anilines is 1. The van der Waals surface area contributed by atoms with Crippen LogP contribution in [0.2, 0.25) is 0 Å². The van der Waals surface area contributed by atoms with Crippen LogP contribution in [0.5, 0.6) is 0 Å². The van der Waals surface area contributed by atoms with E-state index in [-0.39, 0.29) is 5.54 Å². The Morgan fingerprint density at radius 1 is 1.24 bits per heavy atom.